The van der Waals surface area contributed by atoms with E-state index in [1.54, 1.807) is 0 Å². The molecule has 1 unspecified atom stereocenters. The fraction of sp³-hybridized carbons (Fsp3) is 0.176. The first-order valence-corrected chi connectivity index (χ1v) is 6.37. The summed E-state index contributed by atoms with van der Waals surface area (Å²) in [5.41, 5.74) is 2.43. The van der Waals surface area contributed by atoms with Crippen LogP contribution in [0.25, 0.3) is 6.08 Å². The molecule has 1 atom stereocenters. The monoisotopic (exact) mass is 237 g/mol. The molecule has 0 aromatic heterocycles. The average molecular weight is 237 g/mol. The van der Waals surface area contributed by atoms with Crippen molar-refractivity contribution in [1.29, 1.82) is 0 Å². The number of anilines is 1. The summed E-state index contributed by atoms with van der Waals surface area (Å²) in [6.45, 7) is 3.17. The Morgan fingerprint density at radius 3 is 2.22 bits per heavy atom. The van der Waals surface area contributed by atoms with Gasteiger partial charge in [0.25, 0.3) is 0 Å². The second-order valence-corrected chi connectivity index (χ2v) is 4.49. The number of nitrogens with one attached hydrogen (secondary N) is 1. The van der Waals surface area contributed by atoms with E-state index in [4.69, 9.17) is 0 Å². The summed E-state index contributed by atoms with van der Waals surface area (Å²) < 4.78 is 0. The van der Waals surface area contributed by atoms with Crippen molar-refractivity contribution in [3.05, 3.63) is 72.3 Å². The Hall–Kier alpha value is -2.02. The molecule has 0 aliphatic rings. The van der Waals surface area contributed by atoms with Crippen molar-refractivity contribution in [2.75, 3.05) is 11.9 Å². The molecule has 0 bridgehead atoms. The summed E-state index contributed by atoms with van der Waals surface area (Å²) in [5, 5.41) is 3.43. The lowest BCUT2D eigenvalue weighted by Crippen LogP contribution is -2.08. The number of hydrogen-bond acceptors (Lipinski definition) is 1. The lowest BCUT2D eigenvalue weighted by molar-refractivity contribution is 0.774. The Morgan fingerprint density at radius 1 is 0.944 bits per heavy atom. The van der Waals surface area contributed by atoms with Crippen molar-refractivity contribution in [3.8, 4) is 0 Å². The van der Waals surface area contributed by atoms with E-state index >= 15 is 0 Å². The summed E-state index contributed by atoms with van der Waals surface area (Å²) >= 11 is 0. The van der Waals surface area contributed by atoms with Crippen LogP contribution in [0.3, 0.4) is 0 Å². The zero-order valence-corrected chi connectivity index (χ0v) is 10.7. The second kappa shape index (κ2) is 6.65. The SMILES string of the molecule is CC(/C=C/c1ccccc1)CNc1ccccc1. The van der Waals surface area contributed by atoms with E-state index in [1.807, 2.05) is 24.3 Å². The van der Waals surface area contributed by atoms with Crippen LogP contribution in [-0.4, -0.2) is 6.54 Å². The van der Waals surface area contributed by atoms with Crippen LogP contribution in [0.2, 0.25) is 0 Å². The molecule has 2 aromatic rings. The maximum atomic E-state index is 3.43. The van der Waals surface area contributed by atoms with Crippen molar-refractivity contribution in [1.82, 2.24) is 0 Å². The molecule has 0 heterocycles. The van der Waals surface area contributed by atoms with Gasteiger partial charge in [-0.15, -0.1) is 0 Å². The highest BCUT2D eigenvalue weighted by atomic mass is 14.9. The maximum absolute atomic E-state index is 3.43. The Morgan fingerprint density at radius 2 is 1.56 bits per heavy atom. The van der Waals surface area contributed by atoms with Gasteiger partial charge in [-0.3, -0.25) is 0 Å². The smallest absolute Gasteiger partial charge is 0.0340 e. The molecule has 0 saturated heterocycles. The van der Waals surface area contributed by atoms with Gasteiger partial charge in [-0.1, -0.05) is 67.6 Å². The Bertz CT molecular complexity index is 473. The van der Waals surface area contributed by atoms with E-state index in [0.717, 1.165) is 6.54 Å². The predicted octanol–water partition coefficient (Wildman–Crippen LogP) is 4.45. The normalized spacial score (nSPS) is 12.5. The first-order valence-electron chi connectivity index (χ1n) is 6.37. The third-order valence-corrected chi connectivity index (χ3v) is 2.82. The highest BCUT2D eigenvalue weighted by molar-refractivity contribution is 5.49. The molecule has 0 aliphatic carbocycles. The van der Waals surface area contributed by atoms with Crippen molar-refractivity contribution in [2.24, 2.45) is 5.92 Å². The number of rotatable bonds is 5. The molecular weight excluding hydrogens is 218 g/mol. The molecule has 2 rings (SSSR count). The second-order valence-electron chi connectivity index (χ2n) is 4.49. The van der Waals surface area contributed by atoms with E-state index in [1.165, 1.54) is 11.3 Å². The largest absolute Gasteiger partial charge is 0.384 e. The van der Waals surface area contributed by atoms with Gasteiger partial charge in [0.2, 0.25) is 0 Å². The molecule has 1 nitrogen and oxygen atoms in total. The third-order valence-electron chi connectivity index (χ3n) is 2.82. The number of para-hydroxylation sites is 1. The van der Waals surface area contributed by atoms with Crippen LogP contribution < -0.4 is 5.32 Å². The van der Waals surface area contributed by atoms with Crippen LogP contribution in [0.4, 0.5) is 5.69 Å². The lowest BCUT2D eigenvalue weighted by Gasteiger charge is -2.09. The molecule has 0 amide bonds. The minimum absolute atomic E-state index is 0.505. The highest BCUT2D eigenvalue weighted by Gasteiger charge is 1.96. The van der Waals surface area contributed by atoms with Crippen LogP contribution in [-0.2, 0) is 0 Å². The van der Waals surface area contributed by atoms with Crippen molar-refractivity contribution >= 4 is 11.8 Å². The molecule has 1 heteroatoms. The first-order chi connectivity index (χ1) is 8.84. The van der Waals surface area contributed by atoms with Gasteiger partial charge < -0.3 is 5.32 Å². The maximum Gasteiger partial charge on any atom is 0.0340 e. The Balaban J connectivity index is 1.82. The molecule has 1 N–H and O–H groups in total. The predicted molar refractivity (Wildman–Crippen MR) is 79.6 cm³/mol. The van der Waals surface area contributed by atoms with Gasteiger partial charge in [0.1, 0.15) is 0 Å². The summed E-state index contributed by atoms with van der Waals surface area (Å²) in [5.74, 6) is 0.505. The van der Waals surface area contributed by atoms with Crippen LogP contribution >= 0.6 is 0 Å². The molecular formula is C17H19N. The molecule has 0 fully saturated rings. The van der Waals surface area contributed by atoms with Gasteiger partial charge in [0, 0.05) is 12.2 Å². The van der Waals surface area contributed by atoms with E-state index in [9.17, 15) is 0 Å². The average Bonchev–Trinajstić information content (AvgIpc) is 2.45. The number of hydrogen-bond donors (Lipinski definition) is 1. The van der Waals surface area contributed by atoms with Gasteiger partial charge in [-0.2, -0.15) is 0 Å². The van der Waals surface area contributed by atoms with Crippen molar-refractivity contribution in [2.45, 2.75) is 6.92 Å². The zero-order chi connectivity index (χ0) is 12.6. The minimum Gasteiger partial charge on any atom is -0.384 e. The first kappa shape index (κ1) is 12.4. The minimum atomic E-state index is 0.505. The summed E-state index contributed by atoms with van der Waals surface area (Å²) in [6, 6.07) is 20.7. The molecule has 0 spiro atoms. The summed E-state index contributed by atoms with van der Waals surface area (Å²) in [6.07, 6.45) is 4.42. The quantitative estimate of drug-likeness (QED) is 0.810. The summed E-state index contributed by atoms with van der Waals surface area (Å²) in [7, 11) is 0. The number of benzene rings is 2. The van der Waals surface area contributed by atoms with Gasteiger partial charge in [-0.05, 0) is 23.6 Å². The van der Waals surface area contributed by atoms with Crippen LogP contribution in [0, 0.1) is 5.92 Å². The van der Waals surface area contributed by atoms with Gasteiger partial charge in [0.15, 0.2) is 0 Å². The fourth-order valence-corrected chi connectivity index (χ4v) is 1.74. The molecule has 0 saturated carbocycles. The zero-order valence-electron chi connectivity index (χ0n) is 10.7. The third kappa shape index (κ3) is 4.10. The van der Waals surface area contributed by atoms with E-state index in [0.29, 0.717) is 5.92 Å². The van der Waals surface area contributed by atoms with Crippen molar-refractivity contribution in [3.63, 3.8) is 0 Å². The van der Waals surface area contributed by atoms with Crippen LogP contribution in [0.15, 0.2) is 66.7 Å². The molecule has 2 aromatic carbocycles. The van der Waals surface area contributed by atoms with Gasteiger partial charge >= 0.3 is 0 Å². The molecule has 18 heavy (non-hydrogen) atoms. The van der Waals surface area contributed by atoms with E-state index in [2.05, 4.69) is 60.8 Å². The Kier molecular flexibility index (Phi) is 4.60. The summed E-state index contributed by atoms with van der Waals surface area (Å²) in [4.78, 5) is 0. The molecule has 92 valence electrons. The van der Waals surface area contributed by atoms with Crippen LogP contribution in [0.5, 0.6) is 0 Å². The van der Waals surface area contributed by atoms with Crippen molar-refractivity contribution < 1.29 is 0 Å². The standard InChI is InChI=1S/C17H19N/c1-15(12-13-16-8-4-2-5-9-16)14-18-17-10-6-3-7-11-17/h2-13,15,18H,14H2,1H3/b13-12+. The topological polar surface area (TPSA) is 12.0 Å². The molecule has 0 radical (unpaired) electrons. The Labute approximate surface area is 109 Å². The fourth-order valence-electron chi connectivity index (χ4n) is 1.74. The van der Waals surface area contributed by atoms with E-state index < -0.39 is 0 Å². The van der Waals surface area contributed by atoms with Crippen LogP contribution in [0.1, 0.15) is 12.5 Å². The lowest BCUT2D eigenvalue weighted by atomic mass is 10.1. The highest BCUT2D eigenvalue weighted by Crippen LogP contribution is 2.09. The van der Waals surface area contributed by atoms with Gasteiger partial charge in [0.05, 0.1) is 0 Å². The van der Waals surface area contributed by atoms with E-state index in [-0.39, 0.29) is 0 Å². The molecule has 0 aliphatic heterocycles. The van der Waals surface area contributed by atoms with Gasteiger partial charge in [-0.25, -0.2) is 0 Å².